The largest absolute Gasteiger partial charge is 0.489 e. The predicted octanol–water partition coefficient (Wildman–Crippen LogP) is 2.70. The number of hydrogen-bond acceptors (Lipinski definition) is 3. The Balaban J connectivity index is 1.96. The Bertz CT molecular complexity index is 569. The van der Waals surface area contributed by atoms with Crippen molar-refractivity contribution in [1.29, 1.82) is 0 Å². The second-order valence-electron chi connectivity index (χ2n) is 5.18. The summed E-state index contributed by atoms with van der Waals surface area (Å²) in [6, 6.07) is 5.38. The molecule has 1 heterocycles. The Labute approximate surface area is 131 Å². The lowest BCUT2D eigenvalue weighted by Crippen LogP contribution is -2.29. The summed E-state index contributed by atoms with van der Waals surface area (Å²) in [6.45, 7) is 5.34. The highest BCUT2D eigenvalue weighted by molar-refractivity contribution is 5.91. The fourth-order valence-corrected chi connectivity index (χ4v) is 2.19. The number of aryl methyl sites for hydroxylation is 1. The average Bonchev–Trinajstić information content (AvgIpc) is 3.01. The third kappa shape index (κ3) is 4.97. The molecule has 0 spiro atoms. The van der Waals surface area contributed by atoms with Gasteiger partial charge in [0, 0.05) is 6.61 Å². The predicted molar refractivity (Wildman–Crippen MR) is 86.1 cm³/mol. The normalized spacial score (nSPS) is 16.5. The van der Waals surface area contributed by atoms with Crippen LogP contribution < -0.4 is 15.4 Å². The van der Waals surface area contributed by atoms with Crippen LogP contribution in [0.25, 0.3) is 0 Å². The number of hydrogen-bond donors (Lipinski definition) is 2. The van der Waals surface area contributed by atoms with Gasteiger partial charge in [-0.1, -0.05) is 12.0 Å². The maximum Gasteiger partial charge on any atom is 0.320 e. The number of benzene rings is 1. The van der Waals surface area contributed by atoms with E-state index in [0.29, 0.717) is 24.6 Å². The number of anilines is 1. The van der Waals surface area contributed by atoms with Crippen LogP contribution in [-0.2, 0) is 4.74 Å². The molecule has 22 heavy (non-hydrogen) atoms. The quantitative estimate of drug-likeness (QED) is 0.822. The summed E-state index contributed by atoms with van der Waals surface area (Å²) >= 11 is 0. The molecule has 0 radical (unpaired) electrons. The summed E-state index contributed by atoms with van der Waals surface area (Å²) in [6.07, 6.45) is 2.24. The lowest BCUT2D eigenvalue weighted by Gasteiger charge is -2.16. The van der Waals surface area contributed by atoms with Crippen molar-refractivity contribution >= 4 is 11.7 Å². The number of amides is 2. The van der Waals surface area contributed by atoms with E-state index >= 15 is 0 Å². The highest BCUT2D eigenvalue weighted by Crippen LogP contribution is 2.26. The second-order valence-corrected chi connectivity index (χ2v) is 5.18. The van der Waals surface area contributed by atoms with Crippen LogP contribution >= 0.6 is 0 Å². The molecule has 5 nitrogen and oxygen atoms in total. The molecule has 1 aliphatic heterocycles. The first kappa shape index (κ1) is 16.2. The van der Waals surface area contributed by atoms with E-state index in [1.165, 1.54) is 0 Å². The van der Waals surface area contributed by atoms with Crippen LogP contribution in [0.4, 0.5) is 10.5 Å². The van der Waals surface area contributed by atoms with E-state index in [9.17, 15) is 4.79 Å². The first-order chi connectivity index (χ1) is 10.7. The fourth-order valence-electron chi connectivity index (χ4n) is 2.19. The first-order valence-electron chi connectivity index (χ1n) is 7.48. The van der Waals surface area contributed by atoms with Crippen molar-refractivity contribution in [2.75, 3.05) is 25.1 Å². The smallest absolute Gasteiger partial charge is 0.320 e. The zero-order valence-electron chi connectivity index (χ0n) is 13.1. The highest BCUT2D eigenvalue weighted by atomic mass is 16.5. The van der Waals surface area contributed by atoms with Crippen molar-refractivity contribution in [2.45, 2.75) is 32.8 Å². The first-order valence-corrected chi connectivity index (χ1v) is 7.48. The van der Waals surface area contributed by atoms with Gasteiger partial charge in [-0.3, -0.25) is 0 Å². The van der Waals surface area contributed by atoms with Crippen LogP contribution in [0.3, 0.4) is 0 Å². The van der Waals surface area contributed by atoms with Crippen LogP contribution in [0.2, 0.25) is 0 Å². The van der Waals surface area contributed by atoms with Crippen molar-refractivity contribution in [2.24, 2.45) is 0 Å². The highest BCUT2D eigenvalue weighted by Gasteiger charge is 2.17. The Kier molecular flexibility index (Phi) is 6.11. The van der Waals surface area contributed by atoms with Gasteiger partial charge in [-0.25, -0.2) is 4.79 Å². The Hall–Kier alpha value is -2.19. The van der Waals surface area contributed by atoms with Gasteiger partial charge in [-0.15, -0.1) is 5.92 Å². The summed E-state index contributed by atoms with van der Waals surface area (Å²) in [5.41, 5.74) is 1.72. The molecular weight excluding hydrogens is 280 g/mol. The van der Waals surface area contributed by atoms with E-state index in [1.807, 2.05) is 25.1 Å². The number of rotatable bonds is 5. The summed E-state index contributed by atoms with van der Waals surface area (Å²) in [4.78, 5) is 11.8. The van der Waals surface area contributed by atoms with Crippen molar-refractivity contribution in [3.05, 3.63) is 23.8 Å². The van der Waals surface area contributed by atoms with Crippen LogP contribution in [0.1, 0.15) is 25.3 Å². The minimum Gasteiger partial charge on any atom is -0.489 e. The van der Waals surface area contributed by atoms with Gasteiger partial charge < -0.3 is 20.1 Å². The molecule has 2 amide bonds. The van der Waals surface area contributed by atoms with E-state index in [0.717, 1.165) is 25.0 Å². The number of ether oxygens (including phenoxy) is 2. The van der Waals surface area contributed by atoms with Gasteiger partial charge in [-0.2, -0.15) is 0 Å². The van der Waals surface area contributed by atoms with Crippen molar-refractivity contribution in [3.63, 3.8) is 0 Å². The topological polar surface area (TPSA) is 59.6 Å². The lowest BCUT2D eigenvalue weighted by atomic mass is 10.2. The second kappa shape index (κ2) is 8.30. The zero-order valence-corrected chi connectivity index (χ0v) is 13.1. The van der Waals surface area contributed by atoms with Gasteiger partial charge in [-0.05, 0) is 44.4 Å². The third-order valence-electron chi connectivity index (χ3n) is 3.35. The Morgan fingerprint density at radius 2 is 2.36 bits per heavy atom. The fraction of sp³-hybridized carbons (Fsp3) is 0.471. The van der Waals surface area contributed by atoms with Crippen LogP contribution in [0, 0.1) is 18.8 Å². The van der Waals surface area contributed by atoms with Gasteiger partial charge >= 0.3 is 6.03 Å². The van der Waals surface area contributed by atoms with E-state index in [4.69, 9.17) is 9.47 Å². The summed E-state index contributed by atoms with van der Waals surface area (Å²) in [5.74, 6) is 6.17. The van der Waals surface area contributed by atoms with Crippen LogP contribution in [0.15, 0.2) is 18.2 Å². The van der Waals surface area contributed by atoms with E-state index in [1.54, 1.807) is 6.92 Å². The number of nitrogens with one attached hydrogen (secondary N) is 2. The lowest BCUT2D eigenvalue weighted by molar-refractivity contribution is 0.0682. The van der Waals surface area contributed by atoms with Crippen LogP contribution in [-0.4, -0.2) is 31.9 Å². The molecule has 2 N–H and O–H groups in total. The SMILES string of the molecule is CC#CCNC(=O)Nc1ccc(C)cc1OCC1CCCO1. The summed E-state index contributed by atoms with van der Waals surface area (Å²) in [7, 11) is 0. The molecule has 1 fully saturated rings. The van der Waals surface area contributed by atoms with Gasteiger partial charge in [0.05, 0.1) is 18.3 Å². The molecule has 0 aromatic heterocycles. The van der Waals surface area contributed by atoms with E-state index in [-0.39, 0.29) is 12.1 Å². The molecule has 1 unspecified atom stereocenters. The van der Waals surface area contributed by atoms with E-state index in [2.05, 4.69) is 22.5 Å². The molecule has 1 aliphatic rings. The maximum absolute atomic E-state index is 11.8. The third-order valence-corrected chi connectivity index (χ3v) is 3.35. The number of carbonyl (C=O) groups excluding carboxylic acids is 1. The van der Waals surface area contributed by atoms with Gasteiger partial charge in [0.25, 0.3) is 0 Å². The van der Waals surface area contributed by atoms with Crippen molar-refractivity contribution < 1.29 is 14.3 Å². The zero-order chi connectivity index (χ0) is 15.8. The van der Waals surface area contributed by atoms with Gasteiger partial charge in [0.15, 0.2) is 0 Å². The standard InChI is InChI=1S/C17H22N2O3/c1-3-4-9-18-17(20)19-15-8-7-13(2)11-16(15)22-12-14-6-5-10-21-14/h7-8,11,14H,5-6,9-10,12H2,1-2H3,(H2,18,19,20). The molecule has 1 aromatic rings. The molecule has 1 aromatic carbocycles. The van der Waals surface area contributed by atoms with E-state index < -0.39 is 0 Å². The minimum absolute atomic E-state index is 0.141. The summed E-state index contributed by atoms with van der Waals surface area (Å²) in [5, 5.41) is 5.46. The van der Waals surface area contributed by atoms with Gasteiger partial charge in [0.1, 0.15) is 12.4 Å². The number of urea groups is 1. The van der Waals surface area contributed by atoms with Crippen molar-refractivity contribution in [3.8, 4) is 17.6 Å². The van der Waals surface area contributed by atoms with Gasteiger partial charge in [0.2, 0.25) is 0 Å². The molecule has 0 saturated carbocycles. The molecular formula is C17H22N2O3. The monoisotopic (exact) mass is 302 g/mol. The average molecular weight is 302 g/mol. The molecule has 0 aliphatic carbocycles. The molecule has 1 saturated heterocycles. The van der Waals surface area contributed by atoms with Crippen LogP contribution in [0.5, 0.6) is 5.75 Å². The molecule has 2 rings (SSSR count). The molecule has 5 heteroatoms. The maximum atomic E-state index is 11.8. The molecule has 1 atom stereocenters. The molecule has 118 valence electrons. The number of carbonyl (C=O) groups is 1. The van der Waals surface area contributed by atoms with Crippen molar-refractivity contribution in [1.82, 2.24) is 5.32 Å². The Morgan fingerprint density at radius 1 is 1.50 bits per heavy atom. The Morgan fingerprint density at radius 3 is 3.09 bits per heavy atom. The summed E-state index contributed by atoms with van der Waals surface area (Å²) < 4.78 is 11.4. The molecule has 0 bridgehead atoms. The minimum atomic E-state index is -0.298.